The third-order valence-electron chi connectivity index (χ3n) is 4.97. The van der Waals surface area contributed by atoms with Crippen LogP contribution in [-0.2, 0) is 6.42 Å². The highest BCUT2D eigenvalue weighted by Gasteiger charge is 2.19. The maximum absolute atomic E-state index is 14.5. The van der Waals surface area contributed by atoms with Gasteiger partial charge < -0.3 is 0 Å². The van der Waals surface area contributed by atoms with Gasteiger partial charge in [0.15, 0.2) is 11.6 Å². The van der Waals surface area contributed by atoms with Crippen molar-refractivity contribution in [2.45, 2.75) is 71.6 Å². The molecule has 0 saturated carbocycles. The van der Waals surface area contributed by atoms with Gasteiger partial charge in [0, 0.05) is 5.56 Å². The van der Waals surface area contributed by atoms with Crippen LogP contribution in [0.2, 0.25) is 0 Å². The van der Waals surface area contributed by atoms with Crippen molar-refractivity contribution < 1.29 is 8.78 Å². The Labute approximate surface area is 145 Å². The molecule has 1 aromatic rings. The zero-order valence-electron chi connectivity index (χ0n) is 15.1. The zero-order valence-corrected chi connectivity index (χ0v) is 15.1. The van der Waals surface area contributed by atoms with Crippen LogP contribution < -0.4 is 0 Å². The van der Waals surface area contributed by atoms with Crippen molar-refractivity contribution in [3.05, 3.63) is 53.1 Å². The minimum Gasteiger partial charge on any atom is -0.203 e. The lowest BCUT2D eigenvalue weighted by Gasteiger charge is -2.20. The fourth-order valence-corrected chi connectivity index (χ4v) is 3.50. The molecule has 0 aromatic heterocycles. The minimum atomic E-state index is -0.656. The van der Waals surface area contributed by atoms with Crippen LogP contribution in [0.15, 0.2) is 30.4 Å². The molecule has 0 bridgehead atoms. The second-order valence-corrected chi connectivity index (χ2v) is 6.85. The molecular formula is C22H30F2. The Bertz CT molecular complexity index is 584. The lowest BCUT2D eigenvalue weighted by atomic mass is 9.86. The minimum absolute atomic E-state index is 0.459. The number of rotatable bonds is 8. The van der Waals surface area contributed by atoms with Crippen LogP contribution in [0, 0.1) is 17.6 Å². The highest BCUT2D eigenvalue weighted by Crippen LogP contribution is 2.33. The van der Waals surface area contributed by atoms with E-state index in [4.69, 9.17) is 0 Å². The van der Waals surface area contributed by atoms with Crippen LogP contribution >= 0.6 is 0 Å². The molecule has 1 aliphatic rings. The van der Waals surface area contributed by atoms with Gasteiger partial charge in [0.2, 0.25) is 0 Å². The summed E-state index contributed by atoms with van der Waals surface area (Å²) in [5.41, 5.74) is 1.94. The summed E-state index contributed by atoms with van der Waals surface area (Å²) in [7, 11) is 0. The van der Waals surface area contributed by atoms with Crippen molar-refractivity contribution in [3.63, 3.8) is 0 Å². The first-order valence-electron chi connectivity index (χ1n) is 9.46. The normalized spacial score (nSPS) is 18.2. The number of aryl methyl sites for hydroxylation is 1. The van der Waals surface area contributed by atoms with Crippen LogP contribution in [0.4, 0.5) is 8.78 Å². The smallest absolute Gasteiger partial charge is 0.166 e. The molecule has 0 N–H and O–H groups in total. The number of hydrogen-bond acceptors (Lipinski definition) is 0. The Morgan fingerprint density at radius 3 is 2.54 bits per heavy atom. The molecular weight excluding hydrogens is 302 g/mol. The zero-order chi connectivity index (χ0) is 17.4. The number of halogens is 2. The molecule has 1 aromatic carbocycles. The summed E-state index contributed by atoms with van der Waals surface area (Å²) in [6.45, 7) is 4.20. The van der Waals surface area contributed by atoms with Gasteiger partial charge in [-0.1, -0.05) is 63.0 Å². The number of unbranched alkanes of at least 4 members (excludes halogenated alkanes) is 4. The molecule has 1 aliphatic carbocycles. The maximum atomic E-state index is 14.5. The maximum Gasteiger partial charge on any atom is 0.166 e. The van der Waals surface area contributed by atoms with Crippen LogP contribution in [0.5, 0.6) is 0 Å². The number of hydrogen-bond donors (Lipinski definition) is 0. The Hall–Kier alpha value is -1.44. The first kappa shape index (κ1) is 18.9. The van der Waals surface area contributed by atoms with E-state index in [2.05, 4.69) is 25.2 Å². The highest BCUT2D eigenvalue weighted by molar-refractivity contribution is 5.67. The van der Waals surface area contributed by atoms with Gasteiger partial charge in [-0.2, -0.15) is 0 Å². The second-order valence-electron chi connectivity index (χ2n) is 6.85. The van der Waals surface area contributed by atoms with Crippen LogP contribution in [0.3, 0.4) is 0 Å². The molecule has 0 nitrogen and oxygen atoms in total. The Morgan fingerprint density at radius 1 is 1.08 bits per heavy atom. The van der Waals surface area contributed by atoms with Gasteiger partial charge in [-0.3, -0.25) is 0 Å². The van der Waals surface area contributed by atoms with Crippen LogP contribution in [0.1, 0.15) is 76.3 Å². The van der Waals surface area contributed by atoms with Crippen molar-refractivity contribution in [2.75, 3.05) is 0 Å². The Morgan fingerprint density at radius 2 is 1.88 bits per heavy atom. The summed E-state index contributed by atoms with van der Waals surface area (Å²) in [5, 5.41) is 0. The molecule has 1 unspecified atom stereocenters. The van der Waals surface area contributed by atoms with Crippen molar-refractivity contribution in [1.29, 1.82) is 0 Å². The largest absolute Gasteiger partial charge is 0.203 e. The molecule has 0 heterocycles. The van der Waals surface area contributed by atoms with E-state index in [-0.39, 0.29) is 0 Å². The van der Waals surface area contributed by atoms with Gasteiger partial charge in [0.1, 0.15) is 0 Å². The van der Waals surface area contributed by atoms with Crippen molar-refractivity contribution in [1.82, 2.24) is 0 Å². The molecule has 132 valence electrons. The molecule has 0 aliphatic heterocycles. The average Bonchev–Trinajstić information content (AvgIpc) is 2.60. The summed E-state index contributed by atoms with van der Waals surface area (Å²) < 4.78 is 28.9. The van der Waals surface area contributed by atoms with Gasteiger partial charge in [-0.05, 0) is 56.1 Å². The fourth-order valence-electron chi connectivity index (χ4n) is 3.50. The third kappa shape index (κ3) is 5.03. The summed E-state index contributed by atoms with van der Waals surface area (Å²) >= 11 is 0. The number of benzene rings is 1. The van der Waals surface area contributed by atoms with Crippen molar-refractivity contribution >= 4 is 5.57 Å². The van der Waals surface area contributed by atoms with E-state index < -0.39 is 11.6 Å². The fraction of sp³-hybridized carbons (Fsp3) is 0.545. The van der Waals surface area contributed by atoms with Gasteiger partial charge >= 0.3 is 0 Å². The molecule has 0 spiro atoms. The highest BCUT2D eigenvalue weighted by atomic mass is 19.2. The second kappa shape index (κ2) is 9.76. The van der Waals surface area contributed by atoms with Gasteiger partial charge in [-0.15, -0.1) is 0 Å². The predicted molar refractivity (Wildman–Crippen MR) is 99.0 cm³/mol. The summed E-state index contributed by atoms with van der Waals surface area (Å²) in [6, 6.07) is 3.56. The predicted octanol–water partition coefficient (Wildman–Crippen LogP) is 7.24. The van der Waals surface area contributed by atoms with E-state index in [9.17, 15) is 8.78 Å². The molecule has 1 atom stereocenters. The van der Waals surface area contributed by atoms with E-state index >= 15 is 0 Å². The molecule has 24 heavy (non-hydrogen) atoms. The molecule has 0 amide bonds. The lowest BCUT2D eigenvalue weighted by Crippen LogP contribution is -2.05. The number of allylic oxidation sites excluding steroid dienone is 4. The lowest BCUT2D eigenvalue weighted by molar-refractivity contribution is 0.491. The van der Waals surface area contributed by atoms with E-state index in [1.807, 2.05) is 6.92 Å². The summed E-state index contributed by atoms with van der Waals surface area (Å²) in [5.74, 6) is -0.759. The summed E-state index contributed by atoms with van der Waals surface area (Å²) in [6.07, 6.45) is 15.4. The van der Waals surface area contributed by atoms with E-state index in [1.165, 1.54) is 19.3 Å². The van der Waals surface area contributed by atoms with E-state index in [0.717, 1.165) is 37.7 Å². The summed E-state index contributed by atoms with van der Waals surface area (Å²) in [4.78, 5) is 0. The van der Waals surface area contributed by atoms with Crippen LogP contribution in [0.25, 0.3) is 5.57 Å². The molecule has 2 rings (SSSR count). The molecule has 2 heteroatoms. The van der Waals surface area contributed by atoms with Crippen LogP contribution in [-0.4, -0.2) is 0 Å². The average molecular weight is 332 g/mol. The standard InChI is InChI=1S/C22H30F2/c1-3-5-6-7-8-10-19-15-16-20(22(24)21(19)23)18-13-11-17(9-4-2)12-14-18/h4,9,13,15-17H,3,5-8,10-12,14H2,1-2H3. The van der Waals surface area contributed by atoms with Gasteiger partial charge in [-0.25, -0.2) is 8.78 Å². The topological polar surface area (TPSA) is 0 Å². The Kier molecular flexibility index (Phi) is 7.68. The Balaban J connectivity index is 2.02. The quantitative estimate of drug-likeness (QED) is 0.348. The molecule has 0 radical (unpaired) electrons. The molecule has 0 fully saturated rings. The third-order valence-corrected chi connectivity index (χ3v) is 4.97. The van der Waals surface area contributed by atoms with E-state index in [1.54, 1.807) is 12.1 Å². The molecule has 0 saturated heterocycles. The van der Waals surface area contributed by atoms with E-state index in [0.29, 0.717) is 23.5 Å². The van der Waals surface area contributed by atoms with Crippen molar-refractivity contribution in [3.8, 4) is 0 Å². The van der Waals surface area contributed by atoms with Gasteiger partial charge in [0.05, 0.1) is 0 Å². The van der Waals surface area contributed by atoms with Crippen molar-refractivity contribution in [2.24, 2.45) is 5.92 Å². The van der Waals surface area contributed by atoms with Gasteiger partial charge in [0.25, 0.3) is 0 Å². The monoisotopic (exact) mass is 332 g/mol. The first-order chi connectivity index (χ1) is 11.7. The SMILES string of the molecule is CC=CC1CC=C(c2ccc(CCCCCCC)c(F)c2F)CC1. The first-order valence-corrected chi connectivity index (χ1v) is 9.46.